The smallest absolute Gasteiger partial charge is 0.227 e. The van der Waals surface area contributed by atoms with Gasteiger partial charge in [-0.2, -0.15) is 4.31 Å². The van der Waals surface area contributed by atoms with Gasteiger partial charge >= 0.3 is 0 Å². The predicted octanol–water partition coefficient (Wildman–Crippen LogP) is 1.90. The number of carbonyl (C=O) groups excluding carboxylic acids is 1. The molecule has 4 rings (SSSR count). The highest BCUT2D eigenvalue weighted by atomic mass is 35.5. The molecule has 1 amide bonds. The number of halogens is 2. The van der Waals surface area contributed by atoms with Gasteiger partial charge in [0.15, 0.2) is 0 Å². The molecule has 0 unspecified atom stereocenters. The first-order valence-electron chi connectivity index (χ1n) is 7.92. The second kappa shape index (κ2) is 6.61. The summed E-state index contributed by atoms with van der Waals surface area (Å²) in [6.07, 6.45) is 3.04. The van der Waals surface area contributed by atoms with Gasteiger partial charge in [-0.3, -0.25) is 4.79 Å². The highest BCUT2D eigenvalue weighted by Crippen LogP contribution is 2.30. The fraction of sp³-hybridized carbons (Fsp3) is 0.562. The van der Waals surface area contributed by atoms with Crippen molar-refractivity contribution in [2.45, 2.75) is 25.3 Å². The first-order valence-corrected chi connectivity index (χ1v) is 10.1. The molecule has 3 heterocycles. The maximum absolute atomic E-state index is 13.1. The Morgan fingerprint density at radius 3 is 2.71 bits per heavy atom. The van der Waals surface area contributed by atoms with E-state index in [-0.39, 0.29) is 29.3 Å². The molecule has 132 valence electrons. The summed E-state index contributed by atoms with van der Waals surface area (Å²) in [5.74, 6) is -0.367. The number of hydrogen-bond donors (Lipinski definition) is 0. The summed E-state index contributed by atoms with van der Waals surface area (Å²) < 4.78 is 38.4. The number of fused-ring (bicyclic) bond motifs is 4. The Bertz CT molecular complexity index is 756. The number of hydrogen-bond acceptors (Lipinski definition) is 3. The molecule has 0 N–H and O–H groups in total. The summed E-state index contributed by atoms with van der Waals surface area (Å²) in [6.45, 7) is 1.38. The van der Waals surface area contributed by atoms with Crippen molar-refractivity contribution in [1.29, 1.82) is 0 Å². The highest BCUT2D eigenvalue weighted by molar-refractivity contribution is 7.88. The highest BCUT2D eigenvalue weighted by Gasteiger charge is 2.39. The van der Waals surface area contributed by atoms with Gasteiger partial charge in [0.25, 0.3) is 0 Å². The third kappa shape index (κ3) is 3.73. The van der Waals surface area contributed by atoms with Crippen LogP contribution in [0, 0.1) is 11.7 Å². The number of benzene rings is 1. The van der Waals surface area contributed by atoms with Crippen LogP contribution in [0.2, 0.25) is 5.02 Å². The summed E-state index contributed by atoms with van der Waals surface area (Å²) in [6, 6.07) is 3.90. The minimum absolute atomic E-state index is 0.0893. The van der Waals surface area contributed by atoms with Crippen LogP contribution < -0.4 is 0 Å². The number of nitrogens with zero attached hydrogens (tertiary/aromatic N) is 2. The number of rotatable bonds is 3. The maximum Gasteiger partial charge on any atom is 0.227 e. The number of sulfonamides is 1. The molecule has 0 aliphatic carbocycles. The van der Waals surface area contributed by atoms with Gasteiger partial charge in [0.05, 0.1) is 12.7 Å². The van der Waals surface area contributed by atoms with E-state index in [9.17, 15) is 17.6 Å². The molecule has 0 saturated carbocycles. The van der Waals surface area contributed by atoms with E-state index in [4.69, 9.17) is 11.6 Å². The molecule has 24 heavy (non-hydrogen) atoms. The number of carbonyl (C=O) groups is 1. The van der Waals surface area contributed by atoms with E-state index in [1.54, 1.807) is 4.90 Å². The topological polar surface area (TPSA) is 57.7 Å². The summed E-state index contributed by atoms with van der Waals surface area (Å²) >= 11 is 6.01. The molecule has 3 aliphatic heterocycles. The van der Waals surface area contributed by atoms with E-state index in [1.807, 2.05) is 0 Å². The molecule has 0 aromatic heterocycles. The van der Waals surface area contributed by atoms with Crippen molar-refractivity contribution >= 4 is 27.5 Å². The molecule has 3 fully saturated rings. The lowest BCUT2D eigenvalue weighted by molar-refractivity contribution is -0.134. The molecular formula is C16H20ClFN2O3S. The molecule has 8 heteroatoms. The zero-order valence-corrected chi connectivity index (χ0v) is 15.0. The van der Waals surface area contributed by atoms with E-state index < -0.39 is 15.8 Å². The molecule has 0 radical (unpaired) electrons. The minimum atomic E-state index is -3.26. The molecule has 1 aromatic rings. The second-order valence-corrected chi connectivity index (χ2v) is 9.03. The first kappa shape index (κ1) is 17.6. The van der Waals surface area contributed by atoms with Crippen LogP contribution in [0.4, 0.5) is 4.39 Å². The third-order valence-electron chi connectivity index (χ3n) is 4.83. The van der Waals surface area contributed by atoms with E-state index in [1.165, 1.54) is 28.8 Å². The molecular weight excluding hydrogens is 355 g/mol. The van der Waals surface area contributed by atoms with Crippen LogP contribution in [0.1, 0.15) is 18.4 Å². The zero-order chi connectivity index (χ0) is 17.5. The van der Waals surface area contributed by atoms with Gasteiger partial charge in [0, 0.05) is 30.7 Å². The molecule has 0 spiro atoms. The van der Waals surface area contributed by atoms with Crippen molar-refractivity contribution in [2.75, 3.05) is 25.9 Å². The SMILES string of the molecule is CS(=O)(=O)N1C[C@@H]2CC[C@H](C1)N(C(=O)Cc1ccc(F)cc1Cl)C2. The fourth-order valence-electron chi connectivity index (χ4n) is 3.54. The Morgan fingerprint density at radius 1 is 1.29 bits per heavy atom. The van der Waals surface area contributed by atoms with Crippen LogP contribution in [0.25, 0.3) is 0 Å². The third-order valence-corrected chi connectivity index (χ3v) is 6.41. The Kier molecular flexibility index (Phi) is 4.86. The zero-order valence-electron chi connectivity index (χ0n) is 13.4. The quantitative estimate of drug-likeness (QED) is 0.812. The van der Waals surface area contributed by atoms with Gasteiger partial charge in [-0.15, -0.1) is 0 Å². The van der Waals surface area contributed by atoms with E-state index in [0.29, 0.717) is 25.2 Å². The lowest BCUT2D eigenvalue weighted by Crippen LogP contribution is -2.48. The Balaban J connectivity index is 1.76. The van der Waals surface area contributed by atoms with Crippen LogP contribution in [0.5, 0.6) is 0 Å². The van der Waals surface area contributed by atoms with Crippen molar-refractivity contribution < 1.29 is 17.6 Å². The van der Waals surface area contributed by atoms with Crippen molar-refractivity contribution in [1.82, 2.24) is 9.21 Å². The molecule has 3 aliphatic rings. The summed E-state index contributed by atoms with van der Waals surface area (Å²) in [5.41, 5.74) is 0.586. The number of piperidine rings is 1. The second-order valence-electron chi connectivity index (χ2n) is 6.64. The van der Waals surface area contributed by atoms with Crippen molar-refractivity contribution in [2.24, 2.45) is 5.92 Å². The van der Waals surface area contributed by atoms with Crippen molar-refractivity contribution in [3.63, 3.8) is 0 Å². The summed E-state index contributed by atoms with van der Waals surface area (Å²) in [7, 11) is -3.26. The lowest BCUT2D eigenvalue weighted by Gasteiger charge is -2.36. The standard InChI is InChI=1S/C16H20ClFN2O3S/c1-24(22,23)19-8-11-2-5-14(10-19)20(9-11)16(21)6-12-3-4-13(18)7-15(12)17/h3-4,7,11,14H,2,5-6,8-10H2,1H3/t11-,14+/m0/s1. The van der Waals surface area contributed by atoms with Gasteiger partial charge in [-0.1, -0.05) is 17.7 Å². The molecule has 3 saturated heterocycles. The molecule has 2 bridgehead atoms. The van der Waals surface area contributed by atoms with Gasteiger partial charge in [-0.05, 0) is 36.5 Å². The fourth-order valence-corrected chi connectivity index (χ4v) is 4.70. The van der Waals surface area contributed by atoms with Gasteiger partial charge in [0.2, 0.25) is 15.9 Å². The predicted molar refractivity (Wildman–Crippen MR) is 89.8 cm³/mol. The molecule has 1 aromatic carbocycles. The summed E-state index contributed by atoms with van der Waals surface area (Å²) in [4.78, 5) is 14.5. The van der Waals surface area contributed by atoms with Crippen LogP contribution >= 0.6 is 11.6 Å². The minimum Gasteiger partial charge on any atom is -0.338 e. The molecule has 2 atom stereocenters. The van der Waals surface area contributed by atoms with E-state index in [0.717, 1.165) is 12.8 Å². The Morgan fingerprint density at radius 2 is 2.04 bits per heavy atom. The van der Waals surface area contributed by atoms with Crippen LogP contribution in [0.3, 0.4) is 0 Å². The van der Waals surface area contributed by atoms with Crippen molar-refractivity contribution in [3.05, 3.63) is 34.6 Å². The van der Waals surface area contributed by atoms with Crippen LogP contribution in [0.15, 0.2) is 18.2 Å². The largest absolute Gasteiger partial charge is 0.338 e. The number of amides is 1. The lowest BCUT2D eigenvalue weighted by atomic mass is 9.94. The van der Waals surface area contributed by atoms with Gasteiger partial charge in [0.1, 0.15) is 5.82 Å². The van der Waals surface area contributed by atoms with Crippen LogP contribution in [-0.4, -0.2) is 55.5 Å². The van der Waals surface area contributed by atoms with Gasteiger partial charge in [-0.25, -0.2) is 12.8 Å². The Labute approximate surface area is 146 Å². The van der Waals surface area contributed by atoms with Crippen LogP contribution in [-0.2, 0) is 21.2 Å². The van der Waals surface area contributed by atoms with Gasteiger partial charge < -0.3 is 4.90 Å². The van der Waals surface area contributed by atoms with E-state index >= 15 is 0 Å². The molecule has 5 nitrogen and oxygen atoms in total. The first-order chi connectivity index (χ1) is 11.2. The summed E-state index contributed by atoms with van der Waals surface area (Å²) in [5, 5.41) is 0.237. The normalized spacial score (nSPS) is 24.9. The average Bonchev–Trinajstić information content (AvgIpc) is 2.81. The monoisotopic (exact) mass is 374 g/mol. The van der Waals surface area contributed by atoms with E-state index in [2.05, 4.69) is 0 Å². The Hall–Kier alpha value is -1.18. The maximum atomic E-state index is 13.1. The average molecular weight is 375 g/mol. The van der Waals surface area contributed by atoms with Crippen molar-refractivity contribution in [3.8, 4) is 0 Å².